The molecule has 0 aromatic heterocycles. The number of phenolic OH excluding ortho intramolecular Hbond substituents is 1. The van der Waals surface area contributed by atoms with E-state index in [1.165, 1.54) is 12.1 Å². The van der Waals surface area contributed by atoms with Crippen molar-refractivity contribution in [1.29, 1.82) is 0 Å². The standard InChI is InChI=1S/C35H42N8O12/c1-15(2)7-20(29(51)52)37-25(47)21-10-33(12-36-21)31(54)43-14-35(18(9-23(45)46)24(43)28(50)40-33)32(55)42-13-34(11-22(42)27(49)41-35)30(53)38-19(26(48)39-34)8-16-3-5-17(44)6-4-16/h3-6,15,18-22,24,36,44H,7-14H2,1-2H3,(H,37,47)(H,38,53)(H,39,48)(H,40,50)(H,41,49)(H,45,46)(H,51,52)/t18?,19?,20-,21?,22?,24?,33?,34?,35?/m0/s1. The van der Waals surface area contributed by atoms with Gasteiger partial charge in [-0.1, -0.05) is 26.0 Å². The third kappa shape index (κ3) is 6.17. The van der Waals surface area contributed by atoms with E-state index < -0.39 is 126 Å². The van der Waals surface area contributed by atoms with Gasteiger partial charge in [-0.3, -0.25) is 38.4 Å². The number of hydrogen-bond donors (Lipinski definition) is 9. The number of piperazine rings is 3. The Hall–Kier alpha value is -5.79. The number of carbonyl (C=O) groups is 9. The summed E-state index contributed by atoms with van der Waals surface area (Å²) in [5, 5.41) is 45.2. The molecule has 6 heterocycles. The molecule has 8 unspecified atom stereocenters. The number of aromatic hydroxyl groups is 1. The Morgan fingerprint density at radius 3 is 2.22 bits per heavy atom. The first-order chi connectivity index (χ1) is 25.9. The molecular formula is C35H42N8O12. The van der Waals surface area contributed by atoms with E-state index in [1.807, 2.05) is 0 Å². The van der Waals surface area contributed by atoms with Crippen LogP contribution in [0.5, 0.6) is 5.75 Å². The van der Waals surface area contributed by atoms with E-state index in [0.29, 0.717) is 5.56 Å². The Balaban J connectivity index is 1.11. The third-order valence-corrected chi connectivity index (χ3v) is 11.8. The molecule has 9 N–H and O–H groups in total. The maximum absolute atomic E-state index is 14.6. The summed E-state index contributed by atoms with van der Waals surface area (Å²) in [6.07, 6.45) is -1.14. The van der Waals surface area contributed by atoms with Crippen molar-refractivity contribution in [2.75, 3.05) is 19.6 Å². The summed E-state index contributed by atoms with van der Waals surface area (Å²) >= 11 is 0. The largest absolute Gasteiger partial charge is 0.508 e. The highest BCUT2D eigenvalue weighted by Crippen LogP contribution is 2.46. The number of carbonyl (C=O) groups excluding carboxylic acids is 7. The van der Waals surface area contributed by atoms with Crippen molar-refractivity contribution in [3.63, 3.8) is 0 Å². The van der Waals surface area contributed by atoms with E-state index in [1.54, 1.807) is 26.0 Å². The highest BCUT2D eigenvalue weighted by molar-refractivity contribution is 6.09. The van der Waals surface area contributed by atoms with Crippen molar-refractivity contribution in [3.8, 4) is 5.75 Å². The quantitative estimate of drug-likeness (QED) is 0.116. The Kier molecular flexibility index (Phi) is 9.01. The molecule has 20 nitrogen and oxygen atoms in total. The number of phenols is 1. The topological polar surface area (TPSA) is 293 Å². The molecular weight excluding hydrogens is 724 g/mol. The predicted molar refractivity (Wildman–Crippen MR) is 183 cm³/mol. The number of nitrogens with one attached hydrogen (secondary N) is 6. The van der Waals surface area contributed by atoms with Crippen LogP contribution in [-0.4, -0.2) is 145 Å². The molecule has 7 amide bonds. The number of nitrogens with zero attached hydrogens (tertiary/aromatic N) is 2. The Labute approximate surface area is 313 Å². The molecule has 1 aromatic rings. The number of carboxylic acids is 2. The van der Waals surface area contributed by atoms with Crippen LogP contribution in [0.3, 0.4) is 0 Å². The van der Waals surface area contributed by atoms with Gasteiger partial charge in [0.05, 0.1) is 25.6 Å². The molecule has 294 valence electrons. The van der Waals surface area contributed by atoms with Crippen molar-refractivity contribution in [2.24, 2.45) is 11.8 Å². The number of carboxylic acid groups (broad SMARTS) is 2. The van der Waals surface area contributed by atoms with E-state index in [0.717, 1.165) is 9.80 Å². The molecule has 7 rings (SSSR count). The molecule has 6 aliphatic heterocycles. The summed E-state index contributed by atoms with van der Waals surface area (Å²) in [7, 11) is 0. The Morgan fingerprint density at radius 1 is 0.873 bits per heavy atom. The van der Waals surface area contributed by atoms with E-state index in [4.69, 9.17) is 0 Å². The molecule has 55 heavy (non-hydrogen) atoms. The first kappa shape index (κ1) is 37.5. The van der Waals surface area contributed by atoms with Crippen LogP contribution in [0.4, 0.5) is 0 Å². The minimum atomic E-state index is -2.11. The van der Waals surface area contributed by atoms with Gasteiger partial charge < -0.3 is 57.0 Å². The molecule has 0 saturated carbocycles. The summed E-state index contributed by atoms with van der Waals surface area (Å²) in [4.78, 5) is 123. The number of aliphatic carboxylic acids is 2. The van der Waals surface area contributed by atoms with Gasteiger partial charge in [-0.25, -0.2) is 4.79 Å². The molecule has 9 atom stereocenters. The average molecular weight is 767 g/mol. The zero-order valence-electron chi connectivity index (χ0n) is 29.9. The summed E-state index contributed by atoms with van der Waals surface area (Å²) in [6.45, 7) is 2.31. The number of benzene rings is 1. The molecule has 6 saturated heterocycles. The highest BCUT2D eigenvalue weighted by atomic mass is 16.4. The minimum absolute atomic E-state index is 0.0231. The zero-order chi connectivity index (χ0) is 39.8. The van der Waals surface area contributed by atoms with Crippen LogP contribution in [0.2, 0.25) is 0 Å². The summed E-state index contributed by atoms with van der Waals surface area (Å²) in [5.74, 6) is -9.20. The number of amides is 7. The molecule has 0 bridgehead atoms. The van der Waals surface area contributed by atoms with Gasteiger partial charge in [0.15, 0.2) is 0 Å². The van der Waals surface area contributed by atoms with Crippen molar-refractivity contribution in [3.05, 3.63) is 29.8 Å². The Bertz CT molecular complexity index is 1910. The lowest BCUT2D eigenvalue weighted by Gasteiger charge is -2.44. The van der Waals surface area contributed by atoms with Gasteiger partial charge >= 0.3 is 11.9 Å². The van der Waals surface area contributed by atoms with E-state index in [2.05, 4.69) is 31.9 Å². The molecule has 3 spiro atoms. The summed E-state index contributed by atoms with van der Waals surface area (Å²) < 4.78 is 0. The van der Waals surface area contributed by atoms with Crippen molar-refractivity contribution in [1.82, 2.24) is 41.7 Å². The van der Waals surface area contributed by atoms with Crippen LogP contribution in [0.25, 0.3) is 0 Å². The van der Waals surface area contributed by atoms with Gasteiger partial charge in [0.2, 0.25) is 29.5 Å². The van der Waals surface area contributed by atoms with Crippen molar-refractivity contribution in [2.45, 2.75) is 92.8 Å². The lowest BCUT2D eigenvalue weighted by atomic mass is 9.77. The van der Waals surface area contributed by atoms with Crippen LogP contribution < -0.4 is 31.9 Å². The SMILES string of the molecule is CC(C)C[C@H](NC(=O)C1CC2(CN1)NC(=O)C1C(CC(=O)O)C3(CN1C2=O)NC(=O)C1CC2(CN1C3=O)NC(=O)C(Cc1ccc(O)cc1)NC2=O)C(=O)O. The Morgan fingerprint density at radius 2 is 1.56 bits per heavy atom. The summed E-state index contributed by atoms with van der Waals surface area (Å²) in [6, 6.07) is 0.0215. The second-order valence-corrected chi connectivity index (χ2v) is 15.9. The second-order valence-electron chi connectivity index (χ2n) is 15.9. The molecule has 1 aromatic carbocycles. The van der Waals surface area contributed by atoms with Gasteiger partial charge in [0.1, 0.15) is 46.5 Å². The number of hydrogen-bond acceptors (Lipinski definition) is 11. The van der Waals surface area contributed by atoms with Crippen LogP contribution in [-0.2, 0) is 49.6 Å². The predicted octanol–water partition coefficient (Wildman–Crippen LogP) is -4.09. The maximum atomic E-state index is 14.6. The lowest BCUT2D eigenvalue weighted by Crippen LogP contribution is -2.73. The third-order valence-electron chi connectivity index (χ3n) is 11.8. The van der Waals surface area contributed by atoms with Crippen LogP contribution in [0.1, 0.15) is 45.1 Å². The maximum Gasteiger partial charge on any atom is 0.326 e. The highest BCUT2D eigenvalue weighted by Gasteiger charge is 2.71. The van der Waals surface area contributed by atoms with Crippen LogP contribution >= 0.6 is 0 Å². The molecule has 0 aliphatic carbocycles. The van der Waals surface area contributed by atoms with Gasteiger partial charge in [-0.15, -0.1) is 0 Å². The number of rotatable bonds is 9. The molecule has 6 aliphatic rings. The molecule has 6 fully saturated rings. The second kappa shape index (κ2) is 13.2. The average Bonchev–Trinajstić information content (AvgIpc) is 3.80. The van der Waals surface area contributed by atoms with Crippen molar-refractivity contribution >= 4 is 53.3 Å². The monoisotopic (exact) mass is 766 g/mol. The van der Waals surface area contributed by atoms with Crippen molar-refractivity contribution < 1.29 is 58.5 Å². The first-order valence-corrected chi connectivity index (χ1v) is 18.0. The van der Waals surface area contributed by atoms with Gasteiger partial charge in [0, 0.05) is 31.7 Å². The summed E-state index contributed by atoms with van der Waals surface area (Å²) in [5.41, 5.74) is -4.88. The lowest BCUT2D eigenvalue weighted by molar-refractivity contribution is -0.156. The normalized spacial score (nSPS) is 34.3. The fraction of sp³-hybridized carbons (Fsp3) is 0.571. The van der Waals surface area contributed by atoms with E-state index in [-0.39, 0.29) is 43.9 Å². The minimum Gasteiger partial charge on any atom is -0.508 e. The van der Waals surface area contributed by atoms with Gasteiger partial charge in [-0.05, 0) is 30.0 Å². The molecule has 0 radical (unpaired) electrons. The van der Waals surface area contributed by atoms with Gasteiger partial charge in [0.25, 0.3) is 11.8 Å². The van der Waals surface area contributed by atoms with Crippen LogP contribution in [0, 0.1) is 11.8 Å². The zero-order valence-corrected chi connectivity index (χ0v) is 29.9. The fourth-order valence-corrected chi connectivity index (χ4v) is 9.14. The van der Waals surface area contributed by atoms with E-state index in [9.17, 15) is 58.5 Å². The fourth-order valence-electron chi connectivity index (χ4n) is 9.14. The van der Waals surface area contributed by atoms with E-state index >= 15 is 0 Å². The molecule has 20 heteroatoms. The number of fused-ring (bicyclic) bond motifs is 2. The van der Waals surface area contributed by atoms with Gasteiger partial charge in [-0.2, -0.15) is 0 Å². The first-order valence-electron chi connectivity index (χ1n) is 18.0. The van der Waals surface area contributed by atoms with Crippen LogP contribution in [0.15, 0.2) is 24.3 Å². The smallest absolute Gasteiger partial charge is 0.326 e.